The molecule has 0 radical (unpaired) electrons. The van der Waals surface area contributed by atoms with Crippen LogP contribution in [-0.2, 0) is 4.74 Å². The van der Waals surface area contributed by atoms with Crippen LogP contribution in [0.15, 0.2) is 12.1 Å². The van der Waals surface area contributed by atoms with Crippen molar-refractivity contribution in [1.82, 2.24) is 4.90 Å². The van der Waals surface area contributed by atoms with Gasteiger partial charge in [0.05, 0.1) is 53.3 Å². The van der Waals surface area contributed by atoms with Gasteiger partial charge >= 0.3 is 0 Å². The Morgan fingerprint density at radius 1 is 1.41 bits per heavy atom. The van der Waals surface area contributed by atoms with E-state index in [9.17, 15) is 4.39 Å². The van der Waals surface area contributed by atoms with Gasteiger partial charge in [0.15, 0.2) is 0 Å². The molecule has 2 aliphatic heterocycles. The van der Waals surface area contributed by atoms with Crippen LogP contribution in [0.25, 0.3) is 0 Å². The molecule has 2 fully saturated rings. The Morgan fingerprint density at radius 3 is 2.77 bits per heavy atom. The van der Waals surface area contributed by atoms with Crippen molar-refractivity contribution in [1.29, 1.82) is 5.26 Å². The predicted octanol–water partition coefficient (Wildman–Crippen LogP) is 1.65. The van der Waals surface area contributed by atoms with Crippen LogP contribution in [0.1, 0.15) is 5.56 Å². The lowest BCUT2D eigenvalue weighted by molar-refractivity contribution is -0.0842. The number of hydrogen-bond donors (Lipinski definition) is 1. The lowest BCUT2D eigenvalue weighted by Gasteiger charge is -2.47. The zero-order valence-corrected chi connectivity index (χ0v) is 12.9. The Hall–Kier alpha value is -1.55. The van der Waals surface area contributed by atoms with Crippen molar-refractivity contribution in [3.63, 3.8) is 0 Å². The minimum Gasteiger partial charge on any atom is -0.397 e. The monoisotopic (exact) mass is 324 g/mol. The minimum absolute atomic E-state index is 0.189. The van der Waals surface area contributed by atoms with E-state index in [2.05, 4.69) is 11.0 Å². The highest BCUT2D eigenvalue weighted by Gasteiger charge is 2.36. The molecule has 2 aliphatic rings. The Kier molecular flexibility index (Phi) is 4.39. The summed E-state index contributed by atoms with van der Waals surface area (Å²) in [5.74, 6) is 0. The molecule has 1 aromatic carbocycles. The molecular formula is C15H18ClFN4O. The summed E-state index contributed by atoms with van der Waals surface area (Å²) in [7, 11) is 0. The fourth-order valence-corrected chi connectivity index (χ4v) is 3.28. The maximum absolute atomic E-state index is 13.4. The van der Waals surface area contributed by atoms with Crippen LogP contribution in [-0.4, -0.2) is 56.5 Å². The van der Waals surface area contributed by atoms with Crippen molar-refractivity contribution in [3.8, 4) is 6.07 Å². The maximum atomic E-state index is 13.4. The van der Waals surface area contributed by atoms with Gasteiger partial charge in [-0.3, -0.25) is 4.90 Å². The van der Waals surface area contributed by atoms with Crippen LogP contribution in [0.5, 0.6) is 0 Å². The van der Waals surface area contributed by atoms with Gasteiger partial charge in [-0.25, -0.2) is 4.39 Å². The first kappa shape index (κ1) is 15.3. The molecule has 2 heterocycles. The number of piperazine rings is 1. The normalized spacial score (nSPS) is 23.1. The number of anilines is 2. The standard InChI is InChI=1S/C15H18ClFN4O/c16-15-13(19)3-10(6-18)4-14(15)20-1-2-21(11(5-17)7-20)12-8-22-9-12/h3-4,11-12H,1-2,5,7-9,19H2. The number of nitrogens with two attached hydrogens (primary N) is 1. The van der Waals surface area contributed by atoms with E-state index in [1.165, 1.54) is 0 Å². The first-order chi connectivity index (χ1) is 10.6. The summed E-state index contributed by atoms with van der Waals surface area (Å²) < 4.78 is 18.7. The molecule has 0 aliphatic carbocycles. The molecule has 2 saturated heterocycles. The molecule has 22 heavy (non-hydrogen) atoms. The lowest BCUT2D eigenvalue weighted by Crippen LogP contribution is -2.62. The SMILES string of the molecule is N#Cc1cc(N)c(Cl)c(N2CCN(C3COC3)C(CF)C2)c1. The zero-order chi connectivity index (χ0) is 15.7. The topological polar surface area (TPSA) is 65.5 Å². The molecule has 0 amide bonds. The molecule has 7 heteroatoms. The van der Waals surface area contributed by atoms with E-state index >= 15 is 0 Å². The molecule has 1 unspecified atom stereocenters. The summed E-state index contributed by atoms with van der Waals surface area (Å²) in [6, 6.07) is 5.48. The summed E-state index contributed by atoms with van der Waals surface area (Å²) in [6.07, 6.45) is 0. The first-order valence-corrected chi connectivity index (χ1v) is 7.65. The van der Waals surface area contributed by atoms with Gasteiger partial charge in [0.2, 0.25) is 0 Å². The Morgan fingerprint density at radius 2 is 2.18 bits per heavy atom. The van der Waals surface area contributed by atoms with Crippen molar-refractivity contribution in [2.24, 2.45) is 0 Å². The van der Waals surface area contributed by atoms with Gasteiger partial charge in [-0.1, -0.05) is 11.6 Å². The highest BCUT2D eigenvalue weighted by molar-refractivity contribution is 6.35. The lowest BCUT2D eigenvalue weighted by atomic mass is 10.1. The molecule has 0 spiro atoms. The molecule has 2 N–H and O–H groups in total. The Balaban J connectivity index is 1.82. The Bertz CT molecular complexity index is 602. The summed E-state index contributed by atoms with van der Waals surface area (Å²) in [5.41, 5.74) is 7.41. The van der Waals surface area contributed by atoms with E-state index in [-0.39, 0.29) is 6.04 Å². The third-order valence-electron chi connectivity index (χ3n) is 4.35. The fraction of sp³-hybridized carbons (Fsp3) is 0.533. The number of ether oxygens (including phenoxy) is 1. The van der Waals surface area contributed by atoms with Gasteiger partial charge in [0.25, 0.3) is 0 Å². The second kappa shape index (κ2) is 6.29. The third kappa shape index (κ3) is 2.72. The molecule has 3 rings (SSSR count). The third-order valence-corrected chi connectivity index (χ3v) is 4.76. The number of rotatable bonds is 3. The summed E-state index contributed by atoms with van der Waals surface area (Å²) >= 11 is 6.28. The maximum Gasteiger partial charge on any atom is 0.107 e. The van der Waals surface area contributed by atoms with Crippen LogP contribution in [0, 0.1) is 11.3 Å². The van der Waals surface area contributed by atoms with Gasteiger partial charge < -0.3 is 15.4 Å². The number of benzene rings is 1. The number of alkyl halides is 1. The smallest absolute Gasteiger partial charge is 0.107 e. The highest BCUT2D eigenvalue weighted by Crippen LogP contribution is 2.34. The number of nitrogens with zero attached hydrogens (tertiary/aromatic N) is 3. The van der Waals surface area contributed by atoms with E-state index in [1.54, 1.807) is 12.1 Å². The quantitative estimate of drug-likeness (QED) is 0.857. The van der Waals surface area contributed by atoms with Crippen molar-refractivity contribution in [2.75, 3.05) is 50.2 Å². The summed E-state index contributed by atoms with van der Waals surface area (Å²) in [4.78, 5) is 4.19. The number of nitriles is 1. The van der Waals surface area contributed by atoms with Crippen molar-refractivity contribution < 1.29 is 9.13 Å². The van der Waals surface area contributed by atoms with Crippen molar-refractivity contribution in [3.05, 3.63) is 22.7 Å². The number of halogens is 2. The van der Waals surface area contributed by atoms with Crippen molar-refractivity contribution in [2.45, 2.75) is 12.1 Å². The molecule has 0 saturated carbocycles. The molecule has 118 valence electrons. The van der Waals surface area contributed by atoms with Crippen molar-refractivity contribution >= 4 is 23.0 Å². The molecular weight excluding hydrogens is 307 g/mol. The first-order valence-electron chi connectivity index (χ1n) is 7.27. The number of nitrogen functional groups attached to an aromatic ring is 1. The average Bonchev–Trinajstić information content (AvgIpc) is 2.48. The number of hydrogen-bond acceptors (Lipinski definition) is 5. The minimum atomic E-state index is -0.419. The molecule has 1 aromatic rings. The second-order valence-electron chi connectivity index (χ2n) is 5.69. The molecule has 0 aromatic heterocycles. The molecule has 0 bridgehead atoms. The van der Waals surface area contributed by atoms with E-state index in [0.29, 0.717) is 47.8 Å². The highest BCUT2D eigenvalue weighted by atomic mass is 35.5. The van der Waals surface area contributed by atoms with E-state index in [1.807, 2.05) is 4.90 Å². The van der Waals surface area contributed by atoms with E-state index in [4.69, 9.17) is 27.3 Å². The largest absolute Gasteiger partial charge is 0.397 e. The van der Waals surface area contributed by atoms with E-state index < -0.39 is 6.67 Å². The van der Waals surface area contributed by atoms with Crippen LogP contribution in [0.3, 0.4) is 0 Å². The van der Waals surface area contributed by atoms with Crippen LogP contribution >= 0.6 is 11.6 Å². The molecule has 5 nitrogen and oxygen atoms in total. The second-order valence-corrected chi connectivity index (χ2v) is 6.07. The zero-order valence-electron chi connectivity index (χ0n) is 12.1. The van der Waals surface area contributed by atoms with Gasteiger partial charge in [-0.2, -0.15) is 5.26 Å². The van der Waals surface area contributed by atoms with Gasteiger partial charge in [0, 0.05) is 19.6 Å². The van der Waals surface area contributed by atoms with E-state index in [0.717, 1.165) is 13.1 Å². The van der Waals surface area contributed by atoms with Crippen LogP contribution in [0.2, 0.25) is 5.02 Å². The molecule has 1 atom stereocenters. The van der Waals surface area contributed by atoms with Gasteiger partial charge in [-0.05, 0) is 12.1 Å². The van der Waals surface area contributed by atoms with Crippen LogP contribution in [0.4, 0.5) is 15.8 Å². The predicted molar refractivity (Wildman–Crippen MR) is 83.9 cm³/mol. The van der Waals surface area contributed by atoms with Gasteiger partial charge in [-0.15, -0.1) is 0 Å². The average molecular weight is 325 g/mol. The Labute approximate surface area is 134 Å². The summed E-state index contributed by atoms with van der Waals surface area (Å²) in [5, 5.41) is 9.51. The van der Waals surface area contributed by atoms with Gasteiger partial charge in [0.1, 0.15) is 6.67 Å². The summed E-state index contributed by atoms with van der Waals surface area (Å²) in [6.45, 7) is 2.93. The fourth-order valence-electron chi connectivity index (χ4n) is 3.05. The van der Waals surface area contributed by atoms with Crippen LogP contribution < -0.4 is 10.6 Å².